The van der Waals surface area contributed by atoms with Gasteiger partial charge in [0, 0.05) is 31.1 Å². The first-order valence-electron chi connectivity index (χ1n) is 5.67. The van der Waals surface area contributed by atoms with Crippen LogP contribution >= 0.6 is 11.3 Å². The van der Waals surface area contributed by atoms with Gasteiger partial charge in [0.1, 0.15) is 4.21 Å². The lowest BCUT2D eigenvalue weighted by Gasteiger charge is -2.31. The number of rotatable bonds is 4. The van der Waals surface area contributed by atoms with Gasteiger partial charge >= 0.3 is 0 Å². The number of aliphatic hydroxyl groups is 1. The van der Waals surface area contributed by atoms with Crippen LogP contribution < -0.4 is 4.83 Å². The first-order chi connectivity index (χ1) is 8.51. The number of piperazine rings is 1. The molecule has 0 bridgehead atoms. The standard InChI is InChI=1S/C10H17N3O3S2/c1-12-4-6-13(7-5-12)11-18(15,16)10-3-2-9(8-14)17-10/h2-3,11,14H,4-8H2,1H3. The SMILES string of the molecule is CN1CCN(NS(=O)(=O)c2ccc(CO)s2)CC1. The van der Waals surface area contributed by atoms with E-state index in [0.29, 0.717) is 18.0 Å². The van der Waals surface area contributed by atoms with Crippen molar-refractivity contribution < 1.29 is 13.5 Å². The summed E-state index contributed by atoms with van der Waals surface area (Å²) in [4.78, 5) is 5.38. The molecule has 1 fully saturated rings. The minimum Gasteiger partial charge on any atom is -0.391 e. The van der Waals surface area contributed by atoms with Gasteiger partial charge in [-0.3, -0.25) is 0 Å². The summed E-state index contributed by atoms with van der Waals surface area (Å²) in [5, 5.41) is 10.7. The Bertz CT molecular complexity index is 492. The van der Waals surface area contributed by atoms with E-state index < -0.39 is 10.0 Å². The number of sulfonamides is 1. The summed E-state index contributed by atoms with van der Waals surface area (Å²) in [5.41, 5.74) is 0. The fourth-order valence-corrected chi connectivity index (χ4v) is 4.03. The maximum atomic E-state index is 12.1. The maximum absolute atomic E-state index is 12.1. The monoisotopic (exact) mass is 291 g/mol. The first kappa shape index (κ1) is 13.9. The Morgan fingerprint density at radius 3 is 2.56 bits per heavy atom. The molecule has 1 aliphatic heterocycles. The lowest BCUT2D eigenvalue weighted by molar-refractivity contribution is 0.135. The number of hydrogen-bond donors (Lipinski definition) is 2. The molecule has 8 heteroatoms. The molecule has 0 aromatic carbocycles. The predicted molar refractivity (Wildman–Crippen MR) is 69.6 cm³/mol. The van der Waals surface area contributed by atoms with Crippen LogP contribution in [0.3, 0.4) is 0 Å². The summed E-state index contributed by atoms with van der Waals surface area (Å²) in [6.07, 6.45) is 0. The first-order valence-corrected chi connectivity index (χ1v) is 7.97. The van der Waals surface area contributed by atoms with Crippen molar-refractivity contribution in [2.75, 3.05) is 33.2 Å². The van der Waals surface area contributed by atoms with Gasteiger partial charge in [-0.25, -0.2) is 13.4 Å². The van der Waals surface area contributed by atoms with Crippen molar-refractivity contribution >= 4 is 21.4 Å². The summed E-state index contributed by atoms with van der Waals surface area (Å²) in [7, 11) is -1.49. The molecule has 18 heavy (non-hydrogen) atoms. The smallest absolute Gasteiger partial charge is 0.262 e. The molecule has 1 aromatic rings. The highest BCUT2D eigenvalue weighted by Crippen LogP contribution is 2.21. The van der Waals surface area contributed by atoms with E-state index in [1.54, 1.807) is 11.1 Å². The summed E-state index contributed by atoms with van der Waals surface area (Å²) in [6.45, 7) is 2.90. The van der Waals surface area contributed by atoms with Gasteiger partial charge in [0.05, 0.1) is 6.61 Å². The second kappa shape index (κ2) is 5.64. The fourth-order valence-electron chi connectivity index (χ4n) is 1.70. The van der Waals surface area contributed by atoms with E-state index in [-0.39, 0.29) is 10.8 Å². The molecule has 1 aromatic heterocycles. The molecule has 6 nitrogen and oxygen atoms in total. The highest BCUT2D eigenvalue weighted by Gasteiger charge is 2.22. The predicted octanol–water partition coefficient (Wildman–Crippen LogP) is -0.319. The molecule has 1 aliphatic rings. The van der Waals surface area contributed by atoms with Gasteiger partial charge in [0.15, 0.2) is 0 Å². The molecule has 0 amide bonds. The quantitative estimate of drug-likeness (QED) is 0.795. The van der Waals surface area contributed by atoms with Crippen LogP contribution in [-0.4, -0.2) is 56.7 Å². The Morgan fingerprint density at radius 1 is 1.33 bits per heavy atom. The van der Waals surface area contributed by atoms with Crippen LogP contribution in [0.2, 0.25) is 0 Å². The number of nitrogens with zero attached hydrogens (tertiary/aromatic N) is 2. The van der Waals surface area contributed by atoms with Crippen LogP contribution in [0.4, 0.5) is 0 Å². The van der Waals surface area contributed by atoms with Gasteiger partial charge in [-0.15, -0.1) is 16.2 Å². The molecule has 0 saturated carbocycles. The Morgan fingerprint density at radius 2 is 2.00 bits per heavy atom. The number of aliphatic hydroxyl groups excluding tert-OH is 1. The van der Waals surface area contributed by atoms with Crippen LogP contribution in [-0.2, 0) is 16.6 Å². The zero-order valence-electron chi connectivity index (χ0n) is 10.2. The van der Waals surface area contributed by atoms with E-state index in [9.17, 15) is 8.42 Å². The normalized spacial score (nSPS) is 19.2. The van der Waals surface area contributed by atoms with Crippen molar-refractivity contribution in [1.82, 2.24) is 14.7 Å². The zero-order valence-corrected chi connectivity index (χ0v) is 11.8. The summed E-state index contributed by atoms with van der Waals surface area (Å²) in [5.74, 6) is 0. The highest BCUT2D eigenvalue weighted by molar-refractivity contribution is 7.91. The third kappa shape index (κ3) is 3.28. The van der Waals surface area contributed by atoms with Crippen LogP contribution in [0, 0.1) is 0 Å². The van der Waals surface area contributed by atoms with Gasteiger partial charge in [0.25, 0.3) is 10.0 Å². The lowest BCUT2D eigenvalue weighted by Crippen LogP contribution is -2.52. The molecule has 2 heterocycles. The zero-order chi connectivity index (χ0) is 13.2. The van der Waals surface area contributed by atoms with Crippen LogP contribution in [0.15, 0.2) is 16.3 Å². The van der Waals surface area contributed by atoms with Crippen LogP contribution in [0.25, 0.3) is 0 Å². The lowest BCUT2D eigenvalue weighted by atomic mass is 10.4. The molecule has 102 valence electrons. The van der Waals surface area contributed by atoms with E-state index in [2.05, 4.69) is 9.73 Å². The van der Waals surface area contributed by atoms with Gasteiger partial charge in [0.2, 0.25) is 0 Å². The summed E-state index contributed by atoms with van der Waals surface area (Å²) in [6, 6.07) is 3.15. The molecule has 0 atom stereocenters. The Hall–Kier alpha value is -0.510. The average molecular weight is 291 g/mol. The van der Waals surface area contributed by atoms with Gasteiger partial charge in [-0.05, 0) is 19.2 Å². The van der Waals surface area contributed by atoms with Gasteiger partial charge in [-0.1, -0.05) is 0 Å². The molecule has 0 aliphatic carbocycles. The van der Waals surface area contributed by atoms with Crippen LogP contribution in [0.5, 0.6) is 0 Å². The van der Waals surface area contributed by atoms with Crippen LogP contribution in [0.1, 0.15) is 4.88 Å². The van der Waals surface area contributed by atoms with E-state index in [0.717, 1.165) is 24.4 Å². The van der Waals surface area contributed by atoms with E-state index in [1.807, 2.05) is 7.05 Å². The van der Waals surface area contributed by atoms with Crippen molar-refractivity contribution in [3.8, 4) is 0 Å². The topological polar surface area (TPSA) is 72.9 Å². The van der Waals surface area contributed by atoms with E-state index in [1.165, 1.54) is 6.07 Å². The van der Waals surface area contributed by atoms with Crippen molar-refractivity contribution in [3.63, 3.8) is 0 Å². The number of hydrogen-bond acceptors (Lipinski definition) is 6. The molecule has 2 N–H and O–H groups in total. The Balaban J connectivity index is 2.03. The number of hydrazine groups is 1. The summed E-state index contributed by atoms with van der Waals surface area (Å²) >= 11 is 1.09. The molecule has 0 radical (unpaired) electrons. The molecule has 0 spiro atoms. The van der Waals surface area contributed by atoms with Crippen molar-refractivity contribution in [3.05, 3.63) is 17.0 Å². The molecule has 1 saturated heterocycles. The number of thiophene rings is 1. The molecular formula is C10H17N3O3S2. The largest absolute Gasteiger partial charge is 0.391 e. The maximum Gasteiger partial charge on any atom is 0.262 e. The third-order valence-electron chi connectivity index (χ3n) is 2.81. The minimum absolute atomic E-state index is 0.130. The third-order valence-corrected chi connectivity index (χ3v) is 5.75. The second-order valence-electron chi connectivity index (χ2n) is 4.26. The molecular weight excluding hydrogens is 274 g/mol. The Labute approximate surface area is 111 Å². The molecule has 2 rings (SSSR count). The highest BCUT2D eigenvalue weighted by atomic mass is 32.2. The van der Waals surface area contributed by atoms with E-state index in [4.69, 9.17) is 5.11 Å². The van der Waals surface area contributed by atoms with Crippen molar-refractivity contribution in [2.45, 2.75) is 10.8 Å². The van der Waals surface area contributed by atoms with Gasteiger partial charge in [-0.2, -0.15) is 0 Å². The van der Waals surface area contributed by atoms with Crippen molar-refractivity contribution in [1.29, 1.82) is 0 Å². The molecule has 0 unspecified atom stereocenters. The second-order valence-corrected chi connectivity index (χ2v) is 7.32. The fraction of sp³-hybridized carbons (Fsp3) is 0.600. The minimum atomic E-state index is -3.50. The average Bonchev–Trinajstić information content (AvgIpc) is 2.81. The Kier molecular flexibility index (Phi) is 4.36. The summed E-state index contributed by atoms with van der Waals surface area (Å²) < 4.78 is 24.4. The van der Waals surface area contributed by atoms with Crippen molar-refractivity contribution in [2.24, 2.45) is 0 Å². The number of likely N-dealkylation sites (N-methyl/N-ethyl adjacent to an activating group) is 1. The van der Waals surface area contributed by atoms with E-state index >= 15 is 0 Å². The number of nitrogens with one attached hydrogen (secondary N) is 1. The van der Waals surface area contributed by atoms with Gasteiger partial charge < -0.3 is 10.0 Å².